The zero-order valence-electron chi connectivity index (χ0n) is 17.6. The average molecular weight is 455 g/mol. The third kappa shape index (κ3) is 4.54. The van der Waals surface area contributed by atoms with Crippen molar-refractivity contribution in [2.24, 2.45) is 0 Å². The number of aromatic amines is 2. The molecule has 1 unspecified atom stereocenters. The molecule has 0 spiro atoms. The highest BCUT2D eigenvalue weighted by Gasteiger charge is 2.17. The Kier molecular flexibility index (Phi) is 5.92. The van der Waals surface area contributed by atoms with E-state index in [1.54, 1.807) is 0 Å². The summed E-state index contributed by atoms with van der Waals surface area (Å²) in [4.78, 5) is 38.6. The minimum Gasteiger partial charge on any atom is -0.325 e. The fraction of sp³-hybridized carbons (Fsp3) is 0.286. The number of thiophene rings is 1. The van der Waals surface area contributed by atoms with Gasteiger partial charge in [0.2, 0.25) is 5.91 Å². The molecule has 0 saturated carbocycles. The van der Waals surface area contributed by atoms with E-state index in [-0.39, 0.29) is 16.7 Å². The lowest BCUT2D eigenvalue weighted by Gasteiger charge is -2.12. The fourth-order valence-corrected chi connectivity index (χ4v) is 4.90. The molecule has 1 aromatic carbocycles. The molecule has 0 aliphatic carbocycles. The van der Waals surface area contributed by atoms with E-state index in [0.717, 1.165) is 26.7 Å². The first kappa shape index (κ1) is 21.3. The van der Waals surface area contributed by atoms with Gasteiger partial charge in [-0.3, -0.25) is 14.7 Å². The van der Waals surface area contributed by atoms with Gasteiger partial charge in [0.1, 0.15) is 16.5 Å². The first-order chi connectivity index (χ1) is 14.8. The lowest BCUT2D eigenvalue weighted by atomic mass is 10.2. The van der Waals surface area contributed by atoms with Gasteiger partial charge in [0.25, 0.3) is 5.56 Å². The minimum atomic E-state index is -0.331. The molecule has 10 heteroatoms. The van der Waals surface area contributed by atoms with Gasteiger partial charge in [-0.2, -0.15) is 5.10 Å². The van der Waals surface area contributed by atoms with Crippen molar-refractivity contribution in [3.63, 3.8) is 0 Å². The normalized spacial score (nSPS) is 12.3. The van der Waals surface area contributed by atoms with Crippen LogP contribution in [-0.4, -0.2) is 36.3 Å². The predicted molar refractivity (Wildman–Crippen MR) is 126 cm³/mol. The number of carbonyl (C=O) groups excluding carboxylic acids is 1. The molecule has 0 radical (unpaired) electrons. The zero-order chi connectivity index (χ0) is 22.1. The van der Waals surface area contributed by atoms with Crippen LogP contribution in [0.25, 0.3) is 21.6 Å². The Bertz CT molecular complexity index is 1320. The number of rotatable bonds is 6. The first-order valence-corrected chi connectivity index (χ1v) is 11.6. The Balaban J connectivity index is 1.41. The van der Waals surface area contributed by atoms with Crippen LogP contribution in [0.2, 0.25) is 0 Å². The van der Waals surface area contributed by atoms with Crippen molar-refractivity contribution < 1.29 is 4.79 Å². The Hall–Kier alpha value is -2.98. The molecule has 31 heavy (non-hydrogen) atoms. The molecule has 4 aromatic rings. The zero-order valence-corrected chi connectivity index (χ0v) is 19.2. The second-order valence-corrected chi connectivity index (χ2v) is 9.78. The van der Waals surface area contributed by atoms with Gasteiger partial charge in [-0.1, -0.05) is 12.1 Å². The van der Waals surface area contributed by atoms with Crippen LogP contribution in [0.5, 0.6) is 0 Å². The van der Waals surface area contributed by atoms with Crippen molar-refractivity contribution in [2.75, 3.05) is 5.32 Å². The van der Waals surface area contributed by atoms with Crippen LogP contribution < -0.4 is 10.9 Å². The van der Waals surface area contributed by atoms with Gasteiger partial charge in [0.05, 0.1) is 16.4 Å². The van der Waals surface area contributed by atoms with E-state index in [0.29, 0.717) is 28.5 Å². The molecule has 0 aliphatic rings. The van der Waals surface area contributed by atoms with Gasteiger partial charge in [-0.25, -0.2) is 9.97 Å². The molecule has 4 rings (SSSR count). The van der Waals surface area contributed by atoms with Gasteiger partial charge >= 0.3 is 0 Å². The molecule has 3 N–H and O–H groups in total. The number of amides is 1. The number of nitrogens with zero attached hydrogens (tertiary/aromatic N) is 3. The van der Waals surface area contributed by atoms with Gasteiger partial charge < -0.3 is 10.3 Å². The molecular weight excluding hydrogens is 432 g/mol. The van der Waals surface area contributed by atoms with E-state index < -0.39 is 0 Å². The highest BCUT2D eigenvalue weighted by molar-refractivity contribution is 7.99. The standard InChI is InChI=1S/C21H22N6O2S2/c1-10-11(2)31-21-17(10)20(29)24-16(25-21)9-30-12(3)19(28)23-15-7-5-6-14(8-15)18-22-13(4)26-27-18/h5-8,12H,9H2,1-4H3,(H,23,28)(H,22,26,27)(H,24,25,29). The Labute approximate surface area is 186 Å². The SMILES string of the molecule is Cc1nc(-c2cccc(NC(=O)C(C)SCc3nc4sc(C)c(C)c4c(=O)[nH]3)c2)n[nH]1. The maximum atomic E-state index is 12.7. The fourth-order valence-electron chi connectivity index (χ4n) is 3.10. The van der Waals surface area contributed by atoms with Crippen molar-refractivity contribution in [1.82, 2.24) is 25.1 Å². The number of aryl methyl sites for hydroxylation is 3. The lowest BCUT2D eigenvalue weighted by molar-refractivity contribution is -0.115. The number of hydrogen-bond acceptors (Lipinski definition) is 7. The highest BCUT2D eigenvalue weighted by atomic mass is 32.2. The topological polar surface area (TPSA) is 116 Å². The molecule has 160 valence electrons. The summed E-state index contributed by atoms with van der Waals surface area (Å²) in [6.45, 7) is 7.59. The summed E-state index contributed by atoms with van der Waals surface area (Å²) in [5.74, 6) is 2.20. The number of carbonyl (C=O) groups is 1. The van der Waals surface area contributed by atoms with E-state index in [4.69, 9.17) is 0 Å². The van der Waals surface area contributed by atoms with Crippen molar-refractivity contribution in [3.05, 3.63) is 56.7 Å². The molecule has 0 bridgehead atoms. The maximum absolute atomic E-state index is 12.7. The third-order valence-corrected chi connectivity index (χ3v) is 7.17. The van der Waals surface area contributed by atoms with Crippen molar-refractivity contribution >= 4 is 44.9 Å². The summed E-state index contributed by atoms with van der Waals surface area (Å²) < 4.78 is 0. The second-order valence-electron chi connectivity index (χ2n) is 7.24. The maximum Gasteiger partial charge on any atom is 0.259 e. The van der Waals surface area contributed by atoms with Gasteiger partial charge in [0, 0.05) is 16.1 Å². The molecule has 3 aromatic heterocycles. The molecule has 3 heterocycles. The van der Waals surface area contributed by atoms with Gasteiger partial charge in [-0.15, -0.1) is 23.1 Å². The van der Waals surface area contributed by atoms with E-state index >= 15 is 0 Å². The third-order valence-electron chi connectivity index (χ3n) is 4.91. The van der Waals surface area contributed by atoms with Crippen molar-refractivity contribution in [1.29, 1.82) is 0 Å². The summed E-state index contributed by atoms with van der Waals surface area (Å²) >= 11 is 2.94. The van der Waals surface area contributed by atoms with Crippen LogP contribution in [0.1, 0.15) is 29.0 Å². The van der Waals surface area contributed by atoms with Crippen LogP contribution >= 0.6 is 23.1 Å². The number of H-pyrrole nitrogens is 2. The molecule has 1 atom stereocenters. The van der Waals surface area contributed by atoms with Crippen LogP contribution in [0.15, 0.2) is 29.1 Å². The number of anilines is 1. The molecule has 0 fully saturated rings. The number of fused-ring (bicyclic) bond motifs is 1. The quantitative estimate of drug-likeness (QED) is 0.406. The largest absolute Gasteiger partial charge is 0.325 e. The Morgan fingerprint density at radius 2 is 2.06 bits per heavy atom. The smallest absolute Gasteiger partial charge is 0.259 e. The minimum absolute atomic E-state index is 0.125. The van der Waals surface area contributed by atoms with E-state index in [2.05, 4.69) is 30.5 Å². The number of nitrogens with one attached hydrogen (secondary N) is 3. The summed E-state index contributed by atoms with van der Waals surface area (Å²) in [5.41, 5.74) is 2.34. The average Bonchev–Trinajstić information content (AvgIpc) is 3.29. The lowest BCUT2D eigenvalue weighted by Crippen LogP contribution is -2.23. The van der Waals surface area contributed by atoms with E-state index in [1.807, 2.05) is 52.0 Å². The molecule has 0 aliphatic heterocycles. The summed E-state index contributed by atoms with van der Waals surface area (Å²) in [6.07, 6.45) is 0. The molecule has 1 amide bonds. The monoisotopic (exact) mass is 454 g/mol. The first-order valence-electron chi connectivity index (χ1n) is 9.72. The van der Waals surface area contributed by atoms with Crippen LogP contribution in [0.3, 0.4) is 0 Å². The van der Waals surface area contributed by atoms with Gasteiger partial charge in [0.15, 0.2) is 5.82 Å². The highest BCUT2D eigenvalue weighted by Crippen LogP contribution is 2.27. The molecule has 8 nitrogen and oxygen atoms in total. The van der Waals surface area contributed by atoms with Crippen LogP contribution in [0.4, 0.5) is 5.69 Å². The summed E-state index contributed by atoms with van der Waals surface area (Å²) in [5, 5.41) is 10.2. The van der Waals surface area contributed by atoms with Crippen molar-refractivity contribution in [2.45, 2.75) is 38.7 Å². The summed E-state index contributed by atoms with van der Waals surface area (Å²) in [7, 11) is 0. The second kappa shape index (κ2) is 8.64. The van der Waals surface area contributed by atoms with Crippen LogP contribution in [0, 0.1) is 20.8 Å². The van der Waals surface area contributed by atoms with Crippen LogP contribution in [-0.2, 0) is 10.5 Å². The Morgan fingerprint density at radius 3 is 2.81 bits per heavy atom. The van der Waals surface area contributed by atoms with E-state index in [9.17, 15) is 9.59 Å². The number of benzene rings is 1. The van der Waals surface area contributed by atoms with Crippen molar-refractivity contribution in [3.8, 4) is 11.4 Å². The van der Waals surface area contributed by atoms with Gasteiger partial charge in [-0.05, 0) is 45.4 Å². The number of thioether (sulfide) groups is 1. The Morgan fingerprint density at radius 1 is 1.26 bits per heavy atom. The number of hydrogen-bond donors (Lipinski definition) is 3. The van der Waals surface area contributed by atoms with E-state index in [1.165, 1.54) is 23.1 Å². The number of aromatic nitrogens is 5. The summed E-state index contributed by atoms with van der Waals surface area (Å²) in [6, 6.07) is 7.41. The predicted octanol–water partition coefficient (Wildman–Crippen LogP) is 3.96. The molecule has 0 saturated heterocycles. The molecular formula is C21H22N6O2S2.